The molecule has 2 aromatic heterocycles. The van der Waals surface area contributed by atoms with Crippen molar-refractivity contribution in [2.75, 3.05) is 0 Å². The van der Waals surface area contributed by atoms with Gasteiger partial charge in [0.1, 0.15) is 0 Å². The summed E-state index contributed by atoms with van der Waals surface area (Å²) in [6.07, 6.45) is 0. The van der Waals surface area contributed by atoms with Crippen molar-refractivity contribution in [3.05, 3.63) is 176 Å². The van der Waals surface area contributed by atoms with Crippen molar-refractivity contribution in [2.45, 2.75) is 0 Å². The second-order valence-electron chi connectivity index (χ2n) is 13.3. The molecule has 3 heteroatoms. The predicted molar refractivity (Wildman–Crippen MR) is 212 cm³/mol. The van der Waals surface area contributed by atoms with E-state index in [0.717, 1.165) is 39.2 Å². The number of hydrogen-bond acceptors (Lipinski definition) is 2. The molecule has 1 aliphatic rings. The maximum absolute atomic E-state index is 5.35. The van der Waals surface area contributed by atoms with Gasteiger partial charge < -0.3 is 4.57 Å². The molecule has 0 unspecified atom stereocenters. The minimum atomic E-state index is 0.862. The van der Waals surface area contributed by atoms with Crippen LogP contribution in [0, 0.1) is 0 Å². The number of fused-ring (bicyclic) bond motifs is 4. The third-order valence-electron chi connectivity index (χ3n) is 10.5. The summed E-state index contributed by atoms with van der Waals surface area (Å²) in [5.41, 5.74) is 16.6. The van der Waals surface area contributed by atoms with E-state index in [1.165, 1.54) is 66.0 Å². The average Bonchev–Trinajstić information content (AvgIpc) is 3.48. The zero-order valence-electron chi connectivity index (χ0n) is 27.6. The molecule has 0 bridgehead atoms. The van der Waals surface area contributed by atoms with E-state index in [0.29, 0.717) is 0 Å². The molecule has 1 aliphatic carbocycles. The Balaban J connectivity index is 1.25. The molecule has 2 heterocycles. The number of nitrogens with zero attached hydrogens (tertiary/aromatic N) is 3. The van der Waals surface area contributed by atoms with Gasteiger partial charge in [0.15, 0.2) is 0 Å². The van der Waals surface area contributed by atoms with Crippen molar-refractivity contribution < 1.29 is 0 Å². The number of aromatic nitrogens is 3. The van der Waals surface area contributed by atoms with Crippen LogP contribution in [-0.4, -0.2) is 14.5 Å². The molecule has 236 valence electrons. The highest BCUT2D eigenvalue weighted by Crippen LogP contribution is 2.52. The number of hydrogen-bond donors (Lipinski definition) is 0. The molecule has 0 N–H and O–H groups in total. The Hall–Kier alpha value is -6.84. The van der Waals surface area contributed by atoms with Crippen LogP contribution in [0.25, 0.3) is 105 Å². The predicted octanol–water partition coefficient (Wildman–Crippen LogP) is 12.5. The maximum atomic E-state index is 5.35. The van der Waals surface area contributed by atoms with Gasteiger partial charge in [-0.25, -0.2) is 9.97 Å². The van der Waals surface area contributed by atoms with Gasteiger partial charge in [-0.3, -0.25) is 0 Å². The molecule has 0 saturated heterocycles. The second-order valence-corrected chi connectivity index (χ2v) is 13.3. The van der Waals surface area contributed by atoms with Crippen LogP contribution in [0.5, 0.6) is 0 Å². The van der Waals surface area contributed by atoms with E-state index in [1.54, 1.807) is 0 Å². The van der Waals surface area contributed by atoms with Gasteiger partial charge in [0.2, 0.25) is 0 Å². The summed E-state index contributed by atoms with van der Waals surface area (Å²) >= 11 is 0. The molecule has 0 radical (unpaired) electrons. The molecule has 0 aliphatic heterocycles. The van der Waals surface area contributed by atoms with Crippen LogP contribution in [0.2, 0.25) is 0 Å². The van der Waals surface area contributed by atoms with E-state index in [-0.39, 0.29) is 0 Å². The van der Waals surface area contributed by atoms with Gasteiger partial charge >= 0.3 is 0 Å². The SMILES string of the molecule is c1ccc(-c2ccc3c4c2-c2ccccc2-c2cccc5ccc(c4c25)n3-c2ccc3nc(-c4ccccc4)c(-c4ccccc4)nc3c2)cc1. The fourth-order valence-electron chi connectivity index (χ4n) is 8.32. The molecule has 0 atom stereocenters. The van der Waals surface area contributed by atoms with Crippen LogP contribution in [-0.2, 0) is 0 Å². The summed E-state index contributed by atoms with van der Waals surface area (Å²) in [4.78, 5) is 10.6. The summed E-state index contributed by atoms with van der Waals surface area (Å²) in [7, 11) is 0. The molecular formula is C48H29N3. The lowest BCUT2D eigenvalue weighted by molar-refractivity contribution is 1.18. The van der Waals surface area contributed by atoms with Crippen molar-refractivity contribution in [3.8, 4) is 61.6 Å². The topological polar surface area (TPSA) is 30.7 Å². The van der Waals surface area contributed by atoms with Crippen LogP contribution < -0.4 is 0 Å². The Kier molecular flexibility index (Phi) is 5.96. The minimum Gasteiger partial charge on any atom is -0.309 e. The van der Waals surface area contributed by atoms with Crippen LogP contribution >= 0.6 is 0 Å². The van der Waals surface area contributed by atoms with E-state index < -0.39 is 0 Å². The fourth-order valence-corrected chi connectivity index (χ4v) is 8.32. The molecule has 3 nitrogen and oxygen atoms in total. The van der Waals surface area contributed by atoms with E-state index in [4.69, 9.17) is 9.97 Å². The summed E-state index contributed by atoms with van der Waals surface area (Å²) < 4.78 is 2.43. The normalized spacial score (nSPS) is 11.9. The quantitative estimate of drug-likeness (QED) is 0.190. The van der Waals surface area contributed by atoms with Crippen molar-refractivity contribution in [2.24, 2.45) is 0 Å². The Labute approximate surface area is 294 Å². The minimum absolute atomic E-state index is 0.862. The summed E-state index contributed by atoms with van der Waals surface area (Å²) in [5.74, 6) is 0. The van der Waals surface area contributed by atoms with Crippen LogP contribution in [0.3, 0.4) is 0 Å². The zero-order chi connectivity index (χ0) is 33.5. The lowest BCUT2D eigenvalue weighted by Gasteiger charge is -2.17. The van der Waals surface area contributed by atoms with Crippen molar-refractivity contribution in [1.82, 2.24) is 14.5 Å². The summed E-state index contributed by atoms with van der Waals surface area (Å²) in [5, 5.41) is 5.12. The average molecular weight is 648 g/mol. The van der Waals surface area contributed by atoms with Crippen molar-refractivity contribution in [1.29, 1.82) is 0 Å². The zero-order valence-corrected chi connectivity index (χ0v) is 27.6. The molecule has 0 spiro atoms. The number of rotatable bonds is 4. The Bertz CT molecular complexity index is 3000. The highest BCUT2D eigenvalue weighted by atomic mass is 15.0. The fraction of sp³-hybridized carbons (Fsp3) is 0. The Morgan fingerprint density at radius 1 is 0.353 bits per heavy atom. The van der Waals surface area contributed by atoms with Gasteiger partial charge in [-0.2, -0.15) is 0 Å². The third-order valence-corrected chi connectivity index (χ3v) is 10.5. The highest BCUT2D eigenvalue weighted by Gasteiger charge is 2.27. The Morgan fingerprint density at radius 2 is 0.941 bits per heavy atom. The molecular weight excluding hydrogens is 619 g/mol. The first kappa shape index (κ1) is 28.0. The first-order valence-electron chi connectivity index (χ1n) is 17.4. The molecule has 11 rings (SSSR count). The van der Waals surface area contributed by atoms with Gasteiger partial charge in [-0.15, -0.1) is 0 Å². The van der Waals surface area contributed by atoms with Gasteiger partial charge in [-0.05, 0) is 68.9 Å². The molecule has 0 fully saturated rings. The van der Waals surface area contributed by atoms with E-state index in [1.807, 2.05) is 12.1 Å². The standard InChI is InChI=1S/C48H29N3/c1-4-13-30(14-5-1)35-25-28-42-46-44(35)38-21-11-10-20-36(38)37-22-12-19-31-23-27-41(45(46)43(31)37)51(42)34-24-26-39-40(29-34)50-48(33-17-8-3-9-18-33)47(49-39)32-15-6-2-7-16-32/h1-29H. The summed E-state index contributed by atoms with van der Waals surface area (Å²) in [6.45, 7) is 0. The van der Waals surface area contributed by atoms with Gasteiger partial charge in [0.25, 0.3) is 0 Å². The van der Waals surface area contributed by atoms with Crippen LogP contribution in [0.15, 0.2) is 176 Å². The lowest BCUT2D eigenvalue weighted by atomic mass is 9.88. The first-order chi connectivity index (χ1) is 25.3. The molecule has 51 heavy (non-hydrogen) atoms. The van der Waals surface area contributed by atoms with Crippen molar-refractivity contribution in [3.63, 3.8) is 0 Å². The molecule has 10 aromatic rings. The van der Waals surface area contributed by atoms with E-state index in [2.05, 4.69) is 168 Å². The molecule has 8 aromatic carbocycles. The monoisotopic (exact) mass is 647 g/mol. The van der Waals surface area contributed by atoms with Gasteiger partial charge in [-0.1, -0.05) is 146 Å². The number of benzene rings is 8. The first-order valence-corrected chi connectivity index (χ1v) is 17.4. The van der Waals surface area contributed by atoms with E-state index in [9.17, 15) is 0 Å². The smallest absolute Gasteiger partial charge is 0.0973 e. The lowest BCUT2D eigenvalue weighted by Crippen LogP contribution is -1.99. The van der Waals surface area contributed by atoms with E-state index >= 15 is 0 Å². The Morgan fingerprint density at radius 3 is 1.67 bits per heavy atom. The second kappa shape index (κ2) is 10.8. The van der Waals surface area contributed by atoms with Crippen LogP contribution in [0.4, 0.5) is 0 Å². The highest BCUT2D eigenvalue weighted by molar-refractivity contribution is 6.31. The molecule has 0 saturated carbocycles. The maximum Gasteiger partial charge on any atom is 0.0973 e. The van der Waals surface area contributed by atoms with Crippen LogP contribution in [0.1, 0.15) is 0 Å². The van der Waals surface area contributed by atoms with Gasteiger partial charge in [0, 0.05) is 33.2 Å². The van der Waals surface area contributed by atoms with Gasteiger partial charge in [0.05, 0.1) is 33.5 Å². The summed E-state index contributed by atoms with van der Waals surface area (Å²) in [6, 6.07) is 63.0. The molecule has 0 amide bonds. The largest absolute Gasteiger partial charge is 0.309 e. The van der Waals surface area contributed by atoms with Crippen molar-refractivity contribution >= 4 is 43.6 Å². The third kappa shape index (κ3) is 4.12.